The van der Waals surface area contributed by atoms with Gasteiger partial charge in [0.2, 0.25) is 0 Å². The van der Waals surface area contributed by atoms with Crippen molar-refractivity contribution in [1.82, 2.24) is 0 Å². The molecule has 0 fully saturated rings. The van der Waals surface area contributed by atoms with Crippen molar-refractivity contribution in [3.05, 3.63) is 28.2 Å². The Morgan fingerprint density at radius 2 is 2.19 bits per heavy atom. The Labute approximate surface area is 104 Å². The fraction of sp³-hybridized carbons (Fsp3) is 0.417. The van der Waals surface area contributed by atoms with Gasteiger partial charge in [-0.3, -0.25) is 0 Å². The molecule has 86 valence electrons. The number of nitrogens with one attached hydrogen (secondary N) is 1. The lowest BCUT2D eigenvalue weighted by molar-refractivity contribution is 0.179. The minimum atomic E-state index is -0.344. The maximum atomic E-state index is 9.26. The van der Waals surface area contributed by atoms with Crippen molar-refractivity contribution in [2.75, 3.05) is 5.32 Å². The maximum Gasteiger partial charge on any atom is 0.101 e. The second kappa shape index (κ2) is 5.88. The number of halogens is 1. The zero-order valence-corrected chi connectivity index (χ0v) is 11.0. The van der Waals surface area contributed by atoms with Crippen molar-refractivity contribution in [3.8, 4) is 6.07 Å². The van der Waals surface area contributed by atoms with Crippen molar-refractivity contribution < 1.29 is 5.11 Å². The van der Waals surface area contributed by atoms with Gasteiger partial charge in [-0.05, 0) is 38.5 Å². The highest BCUT2D eigenvalue weighted by Crippen LogP contribution is 2.21. The number of benzene rings is 1. The lowest BCUT2D eigenvalue weighted by Gasteiger charge is -2.17. The lowest BCUT2D eigenvalue weighted by atomic mass is 10.1. The molecule has 0 saturated carbocycles. The summed E-state index contributed by atoms with van der Waals surface area (Å²) < 4.78 is 0.887. The average molecular weight is 283 g/mol. The minimum absolute atomic E-state index is 0.133. The fourth-order valence-electron chi connectivity index (χ4n) is 1.57. The quantitative estimate of drug-likeness (QED) is 0.893. The molecule has 0 bridgehead atoms. The van der Waals surface area contributed by atoms with E-state index in [1.54, 1.807) is 13.0 Å². The number of hydrogen-bond donors (Lipinski definition) is 2. The van der Waals surface area contributed by atoms with E-state index in [9.17, 15) is 5.11 Å². The van der Waals surface area contributed by atoms with E-state index in [1.165, 1.54) is 0 Å². The zero-order valence-electron chi connectivity index (χ0n) is 9.37. The predicted molar refractivity (Wildman–Crippen MR) is 68.2 cm³/mol. The SMILES string of the molecule is CC(O)CC(C)Nc1ccc(Br)cc1C#N. The summed E-state index contributed by atoms with van der Waals surface area (Å²) in [5.74, 6) is 0. The van der Waals surface area contributed by atoms with E-state index >= 15 is 0 Å². The van der Waals surface area contributed by atoms with Gasteiger partial charge in [-0.2, -0.15) is 5.26 Å². The van der Waals surface area contributed by atoms with E-state index in [-0.39, 0.29) is 12.1 Å². The Hall–Kier alpha value is -1.05. The third-order valence-electron chi connectivity index (χ3n) is 2.20. The van der Waals surface area contributed by atoms with Crippen LogP contribution in [0.5, 0.6) is 0 Å². The molecule has 0 aromatic heterocycles. The van der Waals surface area contributed by atoms with E-state index in [0.717, 1.165) is 10.2 Å². The highest BCUT2D eigenvalue weighted by Gasteiger charge is 2.08. The molecular weight excluding hydrogens is 268 g/mol. The molecule has 0 amide bonds. The predicted octanol–water partition coefficient (Wildman–Crippen LogP) is 2.89. The molecule has 0 aliphatic carbocycles. The van der Waals surface area contributed by atoms with Gasteiger partial charge in [0.05, 0.1) is 17.4 Å². The molecule has 16 heavy (non-hydrogen) atoms. The highest BCUT2D eigenvalue weighted by molar-refractivity contribution is 9.10. The van der Waals surface area contributed by atoms with Crippen LogP contribution in [-0.4, -0.2) is 17.3 Å². The monoisotopic (exact) mass is 282 g/mol. The molecule has 0 aliphatic rings. The van der Waals surface area contributed by atoms with E-state index < -0.39 is 0 Å². The van der Waals surface area contributed by atoms with Crippen LogP contribution in [0, 0.1) is 11.3 Å². The number of anilines is 1. The Balaban J connectivity index is 2.77. The van der Waals surface area contributed by atoms with E-state index in [0.29, 0.717) is 12.0 Å². The molecule has 2 atom stereocenters. The van der Waals surface area contributed by atoms with Gasteiger partial charge < -0.3 is 10.4 Å². The number of nitrogens with zero attached hydrogens (tertiary/aromatic N) is 1. The van der Waals surface area contributed by atoms with Crippen molar-refractivity contribution in [3.63, 3.8) is 0 Å². The number of hydrogen-bond acceptors (Lipinski definition) is 3. The Morgan fingerprint density at radius 3 is 2.75 bits per heavy atom. The van der Waals surface area contributed by atoms with Crippen LogP contribution in [0.2, 0.25) is 0 Å². The molecule has 0 radical (unpaired) electrons. The summed E-state index contributed by atoms with van der Waals surface area (Å²) >= 11 is 3.32. The van der Waals surface area contributed by atoms with Gasteiger partial charge >= 0.3 is 0 Å². The second-order valence-corrected chi connectivity index (χ2v) is 4.85. The van der Waals surface area contributed by atoms with Crippen LogP contribution in [0.25, 0.3) is 0 Å². The molecule has 1 aromatic carbocycles. The molecule has 1 rings (SSSR count). The van der Waals surface area contributed by atoms with Crippen molar-refractivity contribution in [1.29, 1.82) is 5.26 Å². The largest absolute Gasteiger partial charge is 0.393 e. The third-order valence-corrected chi connectivity index (χ3v) is 2.69. The minimum Gasteiger partial charge on any atom is -0.393 e. The maximum absolute atomic E-state index is 9.26. The third kappa shape index (κ3) is 3.84. The zero-order chi connectivity index (χ0) is 12.1. The number of rotatable bonds is 4. The molecule has 4 heteroatoms. The number of nitriles is 1. The van der Waals surface area contributed by atoms with Crippen LogP contribution in [0.15, 0.2) is 22.7 Å². The van der Waals surface area contributed by atoms with Crippen LogP contribution in [0.4, 0.5) is 5.69 Å². The summed E-state index contributed by atoms with van der Waals surface area (Å²) in [5.41, 5.74) is 1.41. The van der Waals surface area contributed by atoms with E-state index in [2.05, 4.69) is 27.3 Å². The highest BCUT2D eigenvalue weighted by atomic mass is 79.9. The molecule has 2 N–H and O–H groups in total. The van der Waals surface area contributed by atoms with Crippen LogP contribution < -0.4 is 5.32 Å². The fourth-order valence-corrected chi connectivity index (χ4v) is 1.93. The molecule has 3 nitrogen and oxygen atoms in total. The van der Waals surface area contributed by atoms with Gasteiger partial charge in [-0.1, -0.05) is 15.9 Å². The molecule has 1 aromatic rings. The summed E-state index contributed by atoms with van der Waals surface area (Å²) in [4.78, 5) is 0. The molecule has 0 spiro atoms. The molecule has 0 heterocycles. The van der Waals surface area contributed by atoms with Gasteiger partial charge in [-0.15, -0.1) is 0 Å². The van der Waals surface area contributed by atoms with Crippen LogP contribution in [0.3, 0.4) is 0 Å². The second-order valence-electron chi connectivity index (χ2n) is 3.93. The smallest absolute Gasteiger partial charge is 0.101 e. The van der Waals surface area contributed by atoms with Gasteiger partial charge in [0.1, 0.15) is 6.07 Å². The Bertz CT molecular complexity index is 398. The van der Waals surface area contributed by atoms with Gasteiger partial charge in [-0.25, -0.2) is 0 Å². The summed E-state index contributed by atoms with van der Waals surface area (Å²) in [5, 5.41) is 21.5. The topological polar surface area (TPSA) is 56.0 Å². The van der Waals surface area contributed by atoms with E-state index in [4.69, 9.17) is 5.26 Å². The molecule has 0 saturated heterocycles. The number of aliphatic hydroxyl groups is 1. The Kier molecular flexibility index (Phi) is 4.78. The summed E-state index contributed by atoms with van der Waals surface area (Å²) in [6.45, 7) is 3.74. The normalized spacial score (nSPS) is 13.9. The van der Waals surface area contributed by atoms with Crippen LogP contribution in [-0.2, 0) is 0 Å². The summed E-state index contributed by atoms with van der Waals surface area (Å²) in [6.07, 6.45) is 0.310. The van der Waals surface area contributed by atoms with E-state index in [1.807, 2.05) is 19.1 Å². The molecular formula is C12H15BrN2O. The summed E-state index contributed by atoms with van der Waals surface area (Å²) in [7, 11) is 0. The first kappa shape index (κ1) is 13.0. The van der Waals surface area contributed by atoms with Crippen molar-refractivity contribution in [2.24, 2.45) is 0 Å². The molecule has 2 unspecified atom stereocenters. The van der Waals surface area contributed by atoms with Crippen LogP contribution >= 0.6 is 15.9 Å². The standard InChI is InChI=1S/C12H15BrN2O/c1-8(5-9(2)16)15-12-4-3-11(13)6-10(12)7-14/h3-4,6,8-9,15-16H,5H2,1-2H3. The van der Waals surface area contributed by atoms with Gasteiger partial charge in [0.15, 0.2) is 0 Å². The first-order valence-corrected chi connectivity index (χ1v) is 5.96. The van der Waals surface area contributed by atoms with Crippen molar-refractivity contribution in [2.45, 2.75) is 32.4 Å². The molecule has 0 aliphatic heterocycles. The van der Waals surface area contributed by atoms with Gasteiger partial charge in [0, 0.05) is 10.5 Å². The van der Waals surface area contributed by atoms with Gasteiger partial charge in [0.25, 0.3) is 0 Å². The lowest BCUT2D eigenvalue weighted by Crippen LogP contribution is -2.21. The number of aliphatic hydroxyl groups excluding tert-OH is 1. The summed E-state index contributed by atoms with van der Waals surface area (Å²) in [6, 6.07) is 7.80. The Morgan fingerprint density at radius 1 is 1.50 bits per heavy atom. The average Bonchev–Trinajstić information content (AvgIpc) is 2.19. The first-order valence-electron chi connectivity index (χ1n) is 5.17. The van der Waals surface area contributed by atoms with Crippen LogP contribution in [0.1, 0.15) is 25.8 Å². The first-order chi connectivity index (χ1) is 7.52. The van der Waals surface area contributed by atoms with Crippen molar-refractivity contribution >= 4 is 21.6 Å².